The number of carbonyl (C=O) groups is 2. The molecule has 0 unspecified atom stereocenters. The van der Waals surface area contributed by atoms with Gasteiger partial charge in [0.15, 0.2) is 0 Å². The van der Waals surface area contributed by atoms with Gasteiger partial charge >= 0.3 is 0 Å². The van der Waals surface area contributed by atoms with E-state index in [1.165, 1.54) is 0 Å². The van der Waals surface area contributed by atoms with Crippen molar-refractivity contribution in [3.63, 3.8) is 0 Å². The minimum atomic E-state index is 0.0218. The highest BCUT2D eigenvalue weighted by atomic mass is 35.5. The second kappa shape index (κ2) is 6.13. The molecule has 0 bridgehead atoms. The highest BCUT2D eigenvalue weighted by Gasteiger charge is 2.32. The average molecular weight is 346 g/mol. The van der Waals surface area contributed by atoms with E-state index >= 15 is 0 Å². The molecule has 24 heavy (non-hydrogen) atoms. The number of nitrogens with one attached hydrogen (secondary N) is 1. The Morgan fingerprint density at radius 1 is 1.17 bits per heavy atom. The number of rotatable bonds is 2. The summed E-state index contributed by atoms with van der Waals surface area (Å²) in [6.45, 7) is 2.27. The number of H-pyrrole nitrogens is 1. The lowest BCUT2D eigenvalue weighted by molar-refractivity contribution is -0.130. The Labute approximate surface area is 145 Å². The molecule has 126 valence electrons. The van der Waals surface area contributed by atoms with Crippen molar-refractivity contribution < 1.29 is 9.59 Å². The van der Waals surface area contributed by atoms with E-state index in [-0.39, 0.29) is 11.8 Å². The number of amides is 2. The first kappa shape index (κ1) is 15.5. The Hall–Kier alpha value is -2.01. The summed E-state index contributed by atoms with van der Waals surface area (Å²) in [4.78, 5) is 31.6. The lowest BCUT2D eigenvalue weighted by Gasteiger charge is -2.36. The molecular weight excluding hydrogens is 326 g/mol. The highest BCUT2D eigenvalue weighted by Crippen LogP contribution is 2.24. The molecule has 2 aromatic rings. The van der Waals surface area contributed by atoms with Crippen molar-refractivity contribution in [2.24, 2.45) is 0 Å². The number of aromatic amines is 1. The third-order valence-electron chi connectivity index (χ3n) is 5.12. The number of benzene rings is 1. The van der Waals surface area contributed by atoms with Gasteiger partial charge in [0, 0.05) is 48.0 Å². The number of fused-ring (bicyclic) bond motifs is 1. The average Bonchev–Trinajstić information content (AvgIpc) is 3.20. The van der Waals surface area contributed by atoms with Crippen molar-refractivity contribution >= 4 is 34.3 Å². The molecule has 0 aliphatic carbocycles. The molecule has 2 fully saturated rings. The van der Waals surface area contributed by atoms with Crippen LogP contribution in [0.3, 0.4) is 0 Å². The first-order chi connectivity index (χ1) is 11.6. The molecule has 1 N–H and O–H groups in total. The van der Waals surface area contributed by atoms with Crippen LogP contribution in [-0.4, -0.2) is 52.3 Å². The zero-order valence-corrected chi connectivity index (χ0v) is 14.2. The number of likely N-dealkylation sites (tertiary alicyclic amines) is 2. The van der Waals surface area contributed by atoms with Gasteiger partial charge in [0.25, 0.3) is 5.91 Å². The molecule has 0 spiro atoms. The standard InChI is InChI=1S/C18H20ClN3O2/c19-13-4-3-12-10-16(20-15(12)11-13)18(24)21-8-5-14(6-9-21)22-7-1-2-17(22)23/h3-4,10-11,14,20H,1-2,5-9H2. The number of nitrogens with zero attached hydrogens (tertiary/aromatic N) is 2. The molecule has 6 heteroatoms. The molecule has 0 radical (unpaired) electrons. The zero-order chi connectivity index (χ0) is 16.7. The first-order valence-corrected chi connectivity index (χ1v) is 8.86. The summed E-state index contributed by atoms with van der Waals surface area (Å²) in [5.74, 6) is 0.292. The van der Waals surface area contributed by atoms with Crippen LogP contribution in [0.4, 0.5) is 0 Å². The van der Waals surface area contributed by atoms with Gasteiger partial charge < -0.3 is 14.8 Å². The SMILES string of the molecule is O=C(c1cc2ccc(Cl)cc2[nH]1)N1CCC(N2CCCC2=O)CC1. The molecule has 2 amide bonds. The lowest BCUT2D eigenvalue weighted by Crippen LogP contribution is -2.47. The fourth-order valence-electron chi connectivity index (χ4n) is 3.82. The largest absolute Gasteiger partial charge is 0.350 e. The van der Waals surface area contributed by atoms with Crippen LogP contribution in [0.5, 0.6) is 0 Å². The van der Waals surface area contributed by atoms with E-state index in [0.717, 1.165) is 36.7 Å². The van der Waals surface area contributed by atoms with Crippen LogP contribution in [-0.2, 0) is 4.79 Å². The topological polar surface area (TPSA) is 56.4 Å². The monoisotopic (exact) mass is 345 g/mol. The molecule has 5 nitrogen and oxygen atoms in total. The van der Waals surface area contributed by atoms with Gasteiger partial charge in [0.1, 0.15) is 5.69 Å². The predicted octanol–water partition coefficient (Wildman–Crippen LogP) is 3.05. The van der Waals surface area contributed by atoms with Crippen molar-refractivity contribution in [2.75, 3.05) is 19.6 Å². The number of hydrogen-bond donors (Lipinski definition) is 1. The number of halogens is 1. The summed E-state index contributed by atoms with van der Waals surface area (Å²) in [5.41, 5.74) is 1.48. The summed E-state index contributed by atoms with van der Waals surface area (Å²) < 4.78 is 0. The molecule has 1 aromatic heterocycles. The van der Waals surface area contributed by atoms with Crippen molar-refractivity contribution in [3.05, 3.63) is 35.0 Å². The van der Waals surface area contributed by atoms with Crippen molar-refractivity contribution in [3.8, 4) is 0 Å². The molecule has 0 saturated carbocycles. The lowest BCUT2D eigenvalue weighted by atomic mass is 10.0. The van der Waals surface area contributed by atoms with Gasteiger partial charge in [0.2, 0.25) is 5.91 Å². The number of carbonyl (C=O) groups excluding carboxylic acids is 2. The van der Waals surface area contributed by atoms with E-state index in [2.05, 4.69) is 4.98 Å². The third-order valence-corrected chi connectivity index (χ3v) is 5.35. The van der Waals surface area contributed by atoms with E-state index in [4.69, 9.17) is 11.6 Å². The van der Waals surface area contributed by atoms with Crippen LogP contribution in [0.15, 0.2) is 24.3 Å². The normalized spacial score (nSPS) is 19.5. The molecule has 2 saturated heterocycles. The summed E-state index contributed by atoms with van der Waals surface area (Å²) in [7, 11) is 0. The van der Waals surface area contributed by atoms with E-state index in [9.17, 15) is 9.59 Å². The van der Waals surface area contributed by atoms with Gasteiger partial charge in [-0.3, -0.25) is 9.59 Å². The maximum Gasteiger partial charge on any atom is 0.270 e. The Balaban J connectivity index is 1.44. The van der Waals surface area contributed by atoms with Gasteiger partial charge in [-0.25, -0.2) is 0 Å². The summed E-state index contributed by atoms with van der Waals surface area (Å²) in [6, 6.07) is 7.74. The Kier molecular flexibility index (Phi) is 3.96. The fraction of sp³-hybridized carbons (Fsp3) is 0.444. The van der Waals surface area contributed by atoms with E-state index < -0.39 is 0 Å². The van der Waals surface area contributed by atoms with Crippen LogP contribution in [0.2, 0.25) is 5.02 Å². The third kappa shape index (κ3) is 2.77. The molecule has 1 aromatic carbocycles. The van der Waals surface area contributed by atoms with Crippen molar-refractivity contribution in [1.29, 1.82) is 0 Å². The quantitative estimate of drug-likeness (QED) is 0.909. The molecule has 0 atom stereocenters. The number of aromatic nitrogens is 1. The van der Waals surface area contributed by atoms with Gasteiger partial charge in [-0.05, 0) is 37.5 Å². The summed E-state index contributed by atoms with van der Waals surface area (Å²) in [6.07, 6.45) is 3.37. The number of hydrogen-bond acceptors (Lipinski definition) is 2. The maximum atomic E-state index is 12.7. The Bertz CT molecular complexity index is 793. The van der Waals surface area contributed by atoms with Crippen LogP contribution >= 0.6 is 11.6 Å². The molecule has 2 aliphatic rings. The summed E-state index contributed by atoms with van der Waals surface area (Å²) in [5, 5.41) is 1.64. The smallest absolute Gasteiger partial charge is 0.270 e. The van der Waals surface area contributed by atoms with Gasteiger partial charge in [0.05, 0.1) is 0 Å². The molecular formula is C18H20ClN3O2. The fourth-order valence-corrected chi connectivity index (χ4v) is 3.99. The number of piperidine rings is 1. The van der Waals surface area contributed by atoms with Crippen LogP contribution < -0.4 is 0 Å². The zero-order valence-electron chi connectivity index (χ0n) is 13.4. The summed E-state index contributed by atoms with van der Waals surface area (Å²) >= 11 is 6.00. The van der Waals surface area contributed by atoms with Crippen LogP contribution in [0.1, 0.15) is 36.2 Å². The predicted molar refractivity (Wildman–Crippen MR) is 93.2 cm³/mol. The van der Waals surface area contributed by atoms with E-state index in [0.29, 0.717) is 36.3 Å². The minimum Gasteiger partial charge on any atom is -0.350 e. The second-order valence-corrected chi connectivity index (χ2v) is 7.07. The van der Waals surface area contributed by atoms with Crippen LogP contribution in [0, 0.1) is 0 Å². The van der Waals surface area contributed by atoms with Crippen molar-refractivity contribution in [2.45, 2.75) is 31.7 Å². The first-order valence-electron chi connectivity index (χ1n) is 8.49. The molecule has 2 aliphatic heterocycles. The van der Waals surface area contributed by atoms with E-state index in [1.54, 1.807) is 0 Å². The molecule has 3 heterocycles. The van der Waals surface area contributed by atoms with Crippen LogP contribution in [0.25, 0.3) is 10.9 Å². The van der Waals surface area contributed by atoms with Gasteiger partial charge in [-0.15, -0.1) is 0 Å². The Morgan fingerprint density at radius 3 is 2.67 bits per heavy atom. The van der Waals surface area contributed by atoms with Crippen molar-refractivity contribution in [1.82, 2.24) is 14.8 Å². The van der Waals surface area contributed by atoms with Gasteiger partial charge in [-0.2, -0.15) is 0 Å². The maximum absolute atomic E-state index is 12.7. The minimum absolute atomic E-state index is 0.0218. The van der Waals surface area contributed by atoms with Gasteiger partial charge in [-0.1, -0.05) is 17.7 Å². The Morgan fingerprint density at radius 2 is 1.96 bits per heavy atom. The highest BCUT2D eigenvalue weighted by molar-refractivity contribution is 6.31. The second-order valence-electron chi connectivity index (χ2n) is 6.63. The van der Waals surface area contributed by atoms with E-state index in [1.807, 2.05) is 34.1 Å². The molecule has 4 rings (SSSR count).